The lowest BCUT2D eigenvalue weighted by atomic mass is 10.2. The van der Waals surface area contributed by atoms with Crippen LogP contribution in [-0.4, -0.2) is 15.0 Å². The number of nitrogens with one attached hydrogen (secondary N) is 1. The van der Waals surface area contributed by atoms with E-state index in [1.165, 1.54) is 0 Å². The Balaban J connectivity index is 2.03. The van der Waals surface area contributed by atoms with Crippen LogP contribution in [0.1, 0.15) is 25.6 Å². The molecular formula is C16H15BrN4. The van der Waals surface area contributed by atoms with Crippen LogP contribution in [0.3, 0.4) is 0 Å². The van der Waals surface area contributed by atoms with E-state index < -0.39 is 0 Å². The van der Waals surface area contributed by atoms with Crippen LogP contribution in [0, 0.1) is 0 Å². The fraction of sp³-hybridized carbons (Fsp3) is 0.188. The Kier molecular flexibility index (Phi) is 3.84. The van der Waals surface area contributed by atoms with Gasteiger partial charge in [0.1, 0.15) is 16.2 Å². The van der Waals surface area contributed by atoms with Crippen LogP contribution in [0.25, 0.3) is 10.9 Å². The SMILES string of the molecule is CC(C)c1nc(Br)cc(Nc2cccc3cccnc23)n1. The summed E-state index contributed by atoms with van der Waals surface area (Å²) in [6, 6.07) is 11.9. The van der Waals surface area contributed by atoms with Crippen LogP contribution >= 0.6 is 15.9 Å². The van der Waals surface area contributed by atoms with Crippen LogP contribution in [0.4, 0.5) is 11.5 Å². The minimum Gasteiger partial charge on any atom is -0.338 e. The highest BCUT2D eigenvalue weighted by Gasteiger charge is 2.08. The van der Waals surface area contributed by atoms with Crippen LogP contribution < -0.4 is 5.32 Å². The number of nitrogens with zero attached hydrogens (tertiary/aromatic N) is 3. The molecule has 4 nitrogen and oxygen atoms in total. The first-order valence-corrected chi connectivity index (χ1v) is 7.58. The van der Waals surface area contributed by atoms with Gasteiger partial charge in [-0.2, -0.15) is 0 Å². The van der Waals surface area contributed by atoms with Crippen molar-refractivity contribution in [2.24, 2.45) is 0 Å². The summed E-state index contributed by atoms with van der Waals surface area (Å²) in [6.45, 7) is 4.15. The van der Waals surface area contributed by atoms with Crippen molar-refractivity contribution in [3.05, 3.63) is 53.0 Å². The van der Waals surface area contributed by atoms with E-state index >= 15 is 0 Å². The van der Waals surface area contributed by atoms with Gasteiger partial charge in [0, 0.05) is 23.6 Å². The Bertz CT molecular complexity index is 781. The highest BCUT2D eigenvalue weighted by Crippen LogP contribution is 2.25. The maximum atomic E-state index is 4.56. The number of pyridine rings is 1. The highest BCUT2D eigenvalue weighted by atomic mass is 79.9. The summed E-state index contributed by atoms with van der Waals surface area (Å²) in [6.07, 6.45) is 1.79. The third-order valence-corrected chi connectivity index (χ3v) is 3.53. The predicted molar refractivity (Wildman–Crippen MR) is 88.8 cm³/mol. The lowest BCUT2D eigenvalue weighted by Crippen LogP contribution is -2.02. The maximum absolute atomic E-state index is 4.56. The Morgan fingerprint density at radius 3 is 2.71 bits per heavy atom. The summed E-state index contributed by atoms with van der Waals surface area (Å²) >= 11 is 3.44. The molecular weight excluding hydrogens is 328 g/mol. The number of anilines is 2. The van der Waals surface area contributed by atoms with E-state index in [1.54, 1.807) is 6.20 Å². The van der Waals surface area contributed by atoms with Gasteiger partial charge in [-0.05, 0) is 28.1 Å². The van der Waals surface area contributed by atoms with E-state index in [1.807, 2.05) is 36.4 Å². The number of fused-ring (bicyclic) bond motifs is 1. The zero-order valence-electron chi connectivity index (χ0n) is 11.8. The number of halogens is 1. The molecule has 0 bridgehead atoms. The topological polar surface area (TPSA) is 50.7 Å². The monoisotopic (exact) mass is 342 g/mol. The van der Waals surface area contributed by atoms with Crippen molar-refractivity contribution in [2.75, 3.05) is 5.32 Å². The van der Waals surface area contributed by atoms with Crippen molar-refractivity contribution >= 4 is 38.3 Å². The van der Waals surface area contributed by atoms with Crippen molar-refractivity contribution in [1.29, 1.82) is 0 Å². The molecule has 2 heterocycles. The number of aromatic nitrogens is 3. The first-order valence-electron chi connectivity index (χ1n) is 6.79. The van der Waals surface area contributed by atoms with Gasteiger partial charge < -0.3 is 5.32 Å². The number of rotatable bonds is 3. The molecule has 0 unspecified atom stereocenters. The molecule has 0 fully saturated rings. The fourth-order valence-electron chi connectivity index (χ4n) is 2.10. The zero-order chi connectivity index (χ0) is 14.8. The molecule has 3 rings (SSSR count). The lowest BCUT2D eigenvalue weighted by molar-refractivity contribution is 0.771. The second-order valence-electron chi connectivity index (χ2n) is 5.09. The van der Waals surface area contributed by atoms with Gasteiger partial charge in [0.2, 0.25) is 0 Å². The van der Waals surface area contributed by atoms with Crippen LogP contribution in [0.15, 0.2) is 47.2 Å². The van der Waals surface area contributed by atoms with Crippen molar-refractivity contribution in [3.8, 4) is 0 Å². The van der Waals surface area contributed by atoms with Crippen LogP contribution in [0.5, 0.6) is 0 Å². The number of benzene rings is 1. The number of para-hydroxylation sites is 1. The number of hydrogen-bond donors (Lipinski definition) is 1. The van der Waals surface area contributed by atoms with Crippen LogP contribution in [-0.2, 0) is 0 Å². The van der Waals surface area contributed by atoms with Crippen molar-refractivity contribution in [1.82, 2.24) is 15.0 Å². The maximum Gasteiger partial charge on any atom is 0.135 e. The second-order valence-corrected chi connectivity index (χ2v) is 5.91. The summed E-state index contributed by atoms with van der Waals surface area (Å²) in [5, 5.41) is 4.44. The normalized spacial score (nSPS) is 11.0. The molecule has 0 aliphatic rings. The molecule has 0 aliphatic heterocycles. The molecule has 0 aliphatic carbocycles. The minimum absolute atomic E-state index is 0.272. The van der Waals surface area contributed by atoms with Crippen molar-refractivity contribution in [3.63, 3.8) is 0 Å². The summed E-state index contributed by atoms with van der Waals surface area (Å²) in [5.41, 5.74) is 1.87. The first kappa shape index (κ1) is 13.9. The molecule has 0 saturated carbocycles. The molecule has 0 radical (unpaired) electrons. The fourth-order valence-corrected chi connectivity index (χ4v) is 2.50. The molecule has 21 heavy (non-hydrogen) atoms. The Hall–Kier alpha value is -2.01. The molecule has 0 amide bonds. The van der Waals surface area contributed by atoms with Crippen LogP contribution in [0.2, 0.25) is 0 Å². The molecule has 2 aromatic heterocycles. The lowest BCUT2D eigenvalue weighted by Gasteiger charge is -2.11. The van der Waals surface area contributed by atoms with E-state index in [0.29, 0.717) is 0 Å². The van der Waals surface area contributed by atoms with Gasteiger partial charge in [0.05, 0.1) is 11.2 Å². The van der Waals surface area contributed by atoms with E-state index in [2.05, 4.69) is 50.0 Å². The van der Waals surface area contributed by atoms with Gasteiger partial charge in [-0.25, -0.2) is 9.97 Å². The summed E-state index contributed by atoms with van der Waals surface area (Å²) in [7, 11) is 0. The van der Waals surface area contributed by atoms with Gasteiger partial charge >= 0.3 is 0 Å². The average molecular weight is 343 g/mol. The Labute approximate surface area is 131 Å². The molecule has 3 aromatic rings. The largest absolute Gasteiger partial charge is 0.338 e. The summed E-state index contributed by atoms with van der Waals surface area (Å²) in [4.78, 5) is 13.4. The molecule has 0 saturated heterocycles. The summed E-state index contributed by atoms with van der Waals surface area (Å²) < 4.78 is 0.775. The van der Waals surface area contributed by atoms with E-state index in [0.717, 1.165) is 32.8 Å². The van der Waals surface area contributed by atoms with E-state index in [9.17, 15) is 0 Å². The Morgan fingerprint density at radius 1 is 1.10 bits per heavy atom. The number of hydrogen-bond acceptors (Lipinski definition) is 4. The Morgan fingerprint density at radius 2 is 1.90 bits per heavy atom. The molecule has 0 atom stereocenters. The zero-order valence-corrected chi connectivity index (χ0v) is 13.4. The van der Waals surface area contributed by atoms with Gasteiger partial charge in [-0.3, -0.25) is 4.98 Å². The standard InChI is InChI=1S/C16H15BrN4/c1-10(2)16-20-13(17)9-14(21-16)19-12-7-3-5-11-6-4-8-18-15(11)12/h3-10H,1-2H3,(H,19,20,21). The van der Waals surface area contributed by atoms with Crippen molar-refractivity contribution in [2.45, 2.75) is 19.8 Å². The first-order chi connectivity index (χ1) is 10.1. The molecule has 1 N–H and O–H groups in total. The van der Waals surface area contributed by atoms with Gasteiger partial charge in [0.15, 0.2) is 0 Å². The molecule has 1 aromatic carbocycles. The third-order valence-electron chi connectivity index (χ3n) is 3.12. The quantitative estimate of drug-likeness (QED) is 0.703. The smallest absolute Gasteiger partial charge is 0.135 e. The van der Waals surface area contributed by atoms with E-state index in [4.69, 9.17) is 0 Å². The van der Waals surface area contributed by atoms with Gasteiger partial charge in [-0.15, -0.1) is 0 Å². The second kappa shape index (κ2) is 5.77. The predicted octanol–water partition coefficient (Wildman–Crippen LogP) is 4.65. The molecule has 0 spiro atoms. The average Bonchev–Trinajstić information content (AvgIpc) is 2.47. The molecule has 106 valence electrons. The highest BCUT2D eigenvalue weighted by molar-refractivity contribution is 9.10. The summed E-state index contributed by atoms with van der Waals surface area (Å²) in [5.74, 6) is 1.84. The minimum atomic E-state index is 0.272. The molecule has 5 heteroatoms. The third kappa shape index (κ3) is 3.03. The van der Waals surface area contributed by atoms with Crippen molar-refractivity contribution < 1.29 is 0 Å². The van der Waals surface area contributed by atoms with Gasteiger partial charge in [0.25, 0.3) is 0 Å². The van der Waals surface area contributed by atoms with E-state index in [-0.39, 0.29) is 5.92 Å². The van der Waals surface area contributed by atoms with Gasteiger partial charge in [-0.1, -0.05) is 32.0 Å².